The Morgan fingerprint density at radius 2 is 2.25 bits per heavy atom. The van der Waals surface area contributed by atoms with Crippen LogP contribution in [0.4, 0.5) is 9.59 Å². The summed E-state index contributed by atoms with van der Waals surface area (Å²) in [7, 11) is 0. The molecule has 0 atom stereocenters. The number of hydrogen-bond donors (Lipinski definition) is 2. The molecule has 0 unspecified atom stereocenters. The van der Waals surface area contributed by atoms with Gasteiger partial charge >= 0.3 is 12.1 Å². The molecule has 1 rings (SSSR count). The number of hydrogen-bond acceptors (Lipinski definition) is 2. The number of carbonyl (C=O) groups is 2. The van der Waals surface area contributed by atoms with Gasteiger partial charge < -0.3 is 10.2 Å². The molecule has 4 amide bonds. The summed E-state index contributed by atoms with van der Waals surface area (Å²) in [5.74, 6) is 0. The Hall–Kier alpha value is -1.26. The van der Waals surface area contributed by atoms with E-state index in [0.29, 0.717) is 13.2 Å². The second-order valence-corrected chi connectivity index (χ2v) is 2.71. The third-order valence-electron chi connectivity index (χ3n) is 1.72. The molecule has 5 nitrogen and oxygen atoms in total. The molecule has 1 fully saturated rings. The molecule has 5 heteroatoms. The van der Waals surface area contributed by atoms with Crippen molar-refractivity contribution < 1.29 is 9.59 Å². The number of rotatable bonds is 3. The topological polar surface area (TPSA) is 61.4 Å². The molecule has 0 saturated carbocycles. The van der Waals surface area contributed by atoms with E-state index in [4.69, 9.17) is 0 Å². The second-order valence-electron chi connectivity index (χ2n) is 2.71. The fraction of sp³-hybridized carbons (Fsp3) is 0.714. The lowest BCUT2D eigenvalue weighted by atomic mass is 10.3. The Morgan fingerprint density at radius 1 is 1.50 bits per heavy atom. The zero-order valence-corrected chi connectivity index (χ0v) is 7.09. The predicted octanol–water partition coefficient (Wildman–Crippen LogP) is 0.479. The van der Waals surface area contributed by atoms with E-state index in [1.807, 2.05) is 0 Å². The van der Waals surface area contributed by atoms with Crippen LogP contribution in [0.2, 0.25) is 0 Å². The fourth-order valence-electron chi connectivity index (χ4n) is 0.989. The van der Waals surface area contributed by atoms with Gasteiger partial charge in [-0.25, -0.2) is 9.59 Å². The van der Waals surface area contributed by atoms with Crippen molar-refractivity contribution >= 4 is 12.1 Å². The maximum atomic E-state index is 11.1. The minimum Gasteiger partial charge on any atom is -0.320 e. The van der Waals surface area contributed by atoms with Gasteiger partial charge in [0.05, 0.1) is 6.67 Å². The number of amides is 4. The van der Waals surface area contributed by atoms with Crippen molar-refractivity contribution in [1.29, 1.82) is 0 Å². The van der Waals surface area contributed by atoms with E-state index in [-0.39, 0.29) is 6.03 Å². The third-order valence-corrected chi connectivity index (χ3v) is 1.72. The summed E-state index contributed by atoms with van der Waals surface area (Å²) in [4.78, 5) is 23.3. The van der Waals surface area contributed by atoms with E-state index in [1.54, 1.807) is 4.90 Å². The van der Waals surface area contributed by atoms with Crippen LogP contribution in [-0.4, -0.2) is 30.2 Å². The van der Waals surface area contributed by atoms with Crippen molar-refractivity contribution in [1.82, 2.24) is 15.5 Å². The molecule has 1 heterocycles. The van der Waals surface area contributed by atoms with Crippen LogP contribution in [0.1, 0.15) is 19.8 Å². The maximum absolute atomic E-state index is 11.1. The van der Waals surface area contributed by atoms with Crippen molar-refractivity contribution in [3.8, 4) is 0 Å². The van der Waals surface area contributed by atoms with Gasteiger partial charge in [-0.1, -0.05) is 13.3 Å². The van der Waals surface area contributed by atoms with Crippen molar-refractivity contribution in [2.24, 2.45) is 0 Å². The lowest BCUT2D eigenvalue weighted by Crippen LogP contribution is -2.57. The van der Waals surface area contributed by atoms with E-state index >= 15 is 0 Å². The number of unbranched alkanes of at least 4 members (excludes halogenated alkanes) is 1. The molecule has 0 aliphatic carbocycles. The number of urea groups is 2. The van der Waals surface area contributed by atoms with Crippen LogP contribution in [0.25, 0.3) is 0 Å². The number of nitrogens with one attached hydrogen (secondary N) is 2. The van der Waals surface area contributed by atoms with Gasteiger partial charge in [-0.15, -0.1) is 0 Å². The minimum absolute atomic E-state index is 0.299. The third kappa shape index (κ3) is 2.11. The van der Waals surface area contributed by atoms with E-state index in [1.165, 1.54) is 0 Å². The van der Waals surface area contributed by atoms with Gasteiger partial charge in [-0.05, 0) is 6.42 Å². The van der Waals surface area contributed by atoms with Crippen LogP contribution in [-0.2, 0) is 0 Å². The molecule has 0 bridgehead atoms. The smallest absolute Gasteiger partial charge is 0.320 e. The molecule has 1 saturated heterocycles. The highest BCUT2D eigenvalue weighted by Crippen LogP contribution is 1.96. The van der Waals surface area contributed by atoms with Crippen molar-refractivity contribution in [3.05, 3.63) is 0 Å². The fourth-order valence-corrected chi connectivity index (χ4v) is 0.989. The van der Waals surface area contributed by atoms with Crippen LogP contribution < -0.4 is 10.6 Å². The molecule has 0 radical (unpaired) electrons. The minimum atomic E-state index is -0.409. The van der Waals surface area contributed by atoms with Crippen LogP contribution >= 0.6 is 0 Å². The number of nitrogens with zero attached hydrogens (tertiary/aromatic N) is 1. The Morgan fingerprint density at radius 3 is 2.83 bits per heavy atom. The average Bonchev–Trinajstić information content (AvgIpc) is 2.03. The first kappa shape index (κ1) is 8.83. The summed E-state index contributed by atoms with van der Waals surface area (Å²) in [6.07, 6.45) is 2.00. The van der Waals surface area contributed by atoms with E-state index in [9.17, 15) is 9.59 Å². The first-order valence-electron chi connectivity index (χ1n) is 4.07. The van der Waals surface area contributed by atoms with Crippen molar-refractivity contribution in [2.75, 3.05) is 13.2 Å². The summed E-state index contributed by atoms with van der Waals surface area (Å²) in [5, 5.41) is 4.70. The Bertz CT molecular complexity index is 193. The van der Waals surface area contributed by atoms with Gasteiger partial charge in [0.2, 0.25) is 0 Å². The molecule has 1 aliphatic rings. The first-order valence-corrected chi connectivity index (χ1v) is 4.07. The highest BCUT2D eigenvalue weighted by Gasteiger charge is 2.20. The highest BCUT2D eigenvalue weighted by atomic mass is 16.2. The van der Waals surface area contributed by atoms with Crippen LogP contribution in [0.15, 0.2) is 0 Å². The average molecular weight is 171 g/mol. The standard InChI is InChI=1S/C7H13N3O2/c1-2-3-4-10-5-8-6(11)9-7(10)12/h2-5H2,1H3,(H2,8,9,11,12). The monoisotopic (exact) mass is 171 g/mol. The molecule has 0 aromatic carbocycles. The maximum Gasteiger partial charge on any atom is 0.326 e. The summed E-state index contributed by atoms with van der Waals surface area (Å²) in [6.45, 7) is 3.08. The van der Waals surface area contributed by atoms with Crippen LogP contribution in [0.5, 0.6) is 0 Å². The molecular weight excluding hydrogens is 158 g/mol. The molecule has 68 valence electrons. The lowest BCUT2D eigenvalue weighted by molar-refractivity contribution is 0.176. The van der Waals surface area contributed by atoms with Gasteiger partial charge in [-0.3, -0.25) is 5.32 Å². The summed E-state index contributed by atoms with van der Waals surface area (Å²) >= 11 is 0. The quantitative estimate of drug-likeness (QED) is 0.648. The SMILES string of the molecule is CCCCN1CNC(=O)NC1=O. The Kier molecular flexibility index (Phi) is 2.90. The molecule has 2 N–H and O–H groups in total. The number of imide groups is 1. The van der Waals surface area contributed by atoms with Crippen LogP contribution in [0, 0.1) is 0 Å². The van der Waals surface area contributed by atoms with E-state index in [2.05, 4.69) is 17.6 Å². The molecule has 0 spiro atoms. The van der Waals surface area contributed by atoms with E-state index in [0.717, 1.165) is 12.8 Å². The second kappa shape index (κ2) is 3.94. The van der Waals surface area contributed by atoms with Gasteiger partial charge in [0, 0.05) is 6.54 Å². The first-order chi connectivity index (χ1) is 5.74. The molecule has 0 aromatic rings. The van der Waals surface area contributed by atoms with Gasteiger partial charge in [-0.2, -0.15) is 0 Å². The van der Waals surface area contributed by atoms with Crippen molar-refractivity contribution in [3.63, 3.8) is 0 Å². The zero-order valence-electron chi connectivity index (χ0n) is 7.09. The Balaban J connectivity index is 2.35. The molecule has 1 aliphatic heterocycles. The van der Waals surface area contributed by atoms with E-state index < -0.39 is 6.03 Å². The van der Waals surface area contributed by atoms with Gasteiger partial charge in [0.15, 0.2) is 0 Å². The molecular formula is C7H13N3O2. The highest BCUT2D eigenvalue weighted by molar-refractivity contribution is 5.95. The normalized spacial score (nSPS) is 17.2. The summed E-state index contributed by atoms with van der Waals surface area (Å²) in [5.41, 5.74) is 0. The zero-order chi connectivity index (χ0) is 8.97. The number of carbonyl (C=O) groups excluding carboxylic acids is 2. The molecule has 12 heavy (non-hydrogen) atoms. The Labute approximate surface area is 71.1 Å². The largest absolute Gasteiger partial charge is 0.326 e. The predicted molar refractivity (Wildman–Crippen MR) is 43.5 cm³/mol. The lowest BCUT2D eigenvalue weighted by Gasteiger charge is -2.27. The van der Waals surface area contributed by atoms with Crippen molar-refractivity contribution in [2.45, 2.75) is 19.8 Å². The van der Waals surface area contributed by atoms with Gasteiger partial charge in [0.1, 0.15) is 0 Å². The van der Waals surface area contributed by atoms with Gasteiger partial charge in [0.25, 0.3) is 0 Å². The van der Waals surface area contributed by atoms with Crippen LogP contribution in [0.3, 0.4) is 0 Å². The molecule has 0 aromatic heterocycles. The summed E-state index contributed by atoms with van der Waals surface area (Å²) in [6, 6.07) is -0.708. The summed E-state index contributed by atoms with van der Waals surface area (Å²) < 4.78 is 0.